The van der Waals surface area contributed by atoms with Crippen molar-refractivity contribution >= 4 is 11.4 Å². The van der Waals surface area contributed by atoms with Crippen molar-refractivity contribution in [1.82, 2.24) is 0 Å². The van der Waals surface area contributed by atoms with Crippen LogP contribution in [0.15, 0.2) is 223 Å². The van der Waals surface area contributed by atoms with Gasteiger partial charge in [0, 0.05) is 17.1 Å². The molecule has 0 N–H and O–H groups in total. The molecule has 1 heteroatoms. The van der Waals surface area contributed by atoms with Crippen molar-refractivity contribution in [1.29, 1.82) is 0 Å². The number of benzene rings is 6. The van der Waals surface area contributed by atoms with Crippen LogP contribution in [0.25, 0.3) is 11.1 Å². The fourth-order valence-corrected chi connectivity index (χ4v) is 12.9. The molecule has 0 amide bonds. The largest absolute Gasteiger partial charge is 0.314 e. The van der Waals surface area contributed by atoms with Crippen LogP contribution in [0, 0.1) is 23.2 Å². The SMILES string of the molecule is CC1(C)C2CC=CC=C2C2=CC=C(N(c3ccccc3)c3cccc(C4(C5C=CC=CC5)c5ccccc5C5(c6ccccc6)c6ccccc6-c6cccc4c65)c3)CC21. The molecule has 0 spiro atoms. The van der Waals surface area contributed by atoms with E-state index in [9.17, 15) is 0 Å². The second-order valence-corrected chi connectivity index (χ2v) is 18.3. The van der Waals surface area contributed by atoms with Gasteiger partial charge in [0.15, 0.2) is 0 Å². The van der Waals surface area contributed by atoms with Gasteiger partial charge in [0.05, 0.1) is 10.8 Å². The summed E-state index contributed by atoms with van der Waals surface area (Å²) in [5, 5.41) is 0. The fraction of sp³-hybridized carbons (Fsp3) is 0.186. The normalized spacial score (nSPS) is 25.8. The zero-order valence-electron chi connectivity index (χ0n) is 34.4. The van der Waals surface area contributed by atoms with E-state index in [4.69, 9.17) is 0 Å². The van der Waals surface area contributed by atoms with Crippen LogP contribution in [-0.4, -0.2) is 0 Å². The molecule has 0 saturated heterocycles. The van der Waals surface area contributed by atoms with Crippen LogP contribution in [0.4, 0.5) is 11.4 Å². The van der Waals surface area contributed by atoms with E-state index < -0.39 is 10.8 Å². The van der Waals surface area contributed by atoms with E-state index >= 15 is 0 Å². The first-order chi connectivity index (χ1) is 29.5. The highest BCUT2D eigenvalue weighted by Crippen LogP contribution is 2.67. The van der Waals surface area contributed by atoms with E-state index in [1.165, 1.54) is 72.7 Å². The van der Waals surface area contributed by atoms with Crippen LogP contribution < -0.4 is 4.90 Å². The quantitative estimate of drug-likeness (QED) is 0.163. The van der Waals surface area contributed by atoms with Crippen molar-refractivity contribution in [3.63, 3.8) is 0 Å². The lowest BCUT2D eigenvalue weighted by Crippen LogP contribution is -2.47. The molecule has 1 fully saturated rings. The van der Waals surface area contributed by atoms with Crippen LogP contribution >= 0.6 is 0 Å². The lowest BCUT2D eigenvalue weighted by Gasteiger charge is -2.52. The zero-order chi connectivity index (χ0) is 40.1. The monoisotopic (exact) mass is 771 g/mol. The minimum Gasteiger partial charge on any atom is -0.314 e. The van der Waals surface area contributed by atoms with Gasteiger partial charge >= 0.3 is 0 Å². The van der Waals surface area contributed by atoms with E-state index in [1.54, 1.807) is 5.57 Å². The average molecular weight is 772 g/mol. The standard InChI is InChI=1S/C59H49N/c1-57(2)50-31-14-12-28-46(50)48-37-36-45(39-55(48)57)60(43-25-10-5-11-26-43)44-27-18-24-42(38-44)58(40-20-6-3-7-21-40)52-33-16-17-34-53(52)59(41-22-8-4-9-23-41)51-32-15-13-29-47(51)49-30-19-35-54(58)56(49)59/h3-20,22-30,32-38,40,50,55H,21,31,39H2,1-2H3. The first-order valence-electron chi connectivity index (χ1n) is 22.0. The third-order valence-corrected chi connectivity index (χ3v) is 15.4. The Morgan fingerprint density at radius 1 is 0.500 bits per heavy atom. The molecule has 6 aromatic rings. The third-order valence-electron chi connectivity index (χ3n) is 15.4. The second kappa shape index (κ2) is 13.3. The van der Waals surface area contributed by atoms with Gasteiger partial charge in [0.25, 0.3) is 0 Å². The van der Waals surface area contributed by atoms with E-state index in [0.717, 1.165) is 19.3 Å². The van der Waals surface area contributed by atoms with Crippen LogP contribution in [0.1, 0.15) is 72.1 Å². The Labute approximate surface area is 355 Å². The fourth-order valence-electron chi connectivity index (χ4n) is 12.9. The number of hydrogen-bond acceptors (Lipinski definition) is 1. The highest BCUT2D eigenvalue weighted by Gasteiger charge is 2.59. The van der Waals surface area contributed by atoms with Gasteiger partial charge in [-0.3, -0.25) is 0 Å². The maximum absolute atomic E-state index is 2.57. The molecule has 6 aliphatic rings. The van der Waals surface area contributed by atoms with Gasteiger partial charge in [-0.05, 0) is 134 Å². The minimum atomic E-state index is -0.474. The first-order valence-corrected chi connectivity index (χ1v) is 22.0. The van der Waals surface area contributed by atoms with Gasteiger partial charge in [-0.25, -0.2) is 0 Å². The summed E-state index contributed by atoms with van der Waals surface area (Å²) >= 11 is 0. The smallest absolute Gasteiger partial charge is 0.0719 e. The van der Waals surface area contributed by atoms with Crippen molar-refractivity contribution in [3.8, 4) is 11.1 Å². The second-order valence-electron chi connectivity index (χ2n) is 18.3. The van der Waals surface area contributed by atoms with Crippen LogP contribution in [-0.2, 0) is 10.8 Å². The van der Waals surface area contributed by atoms with E-state index in [2.05, 4.69) is 225 Å². The molecule has 12 rings (SSSR count). The number of para-hydroxylation sites is 1. The predicted molar refractivity (Wildman–Crippen MR) is 248 cm³/mol. The Kier molecular flexibility index (Phi) is 7.86. The van der Waals surface area contributed by atoms with Gasteiger partial charge < -0.3 is 4.90 Å². The number of anilines is 2. The average Bonchev–Trinajstić information content (AvgIpc) is 3.74. The summed E-state index contributed by atoms with van der Waals surface area (Å²) in [6, 6.07) is 58.0. The predicted octanol–water partition coefficient (Wildman–Crippen LogP) is 14.3. The molecule has 0 radical (unpaired) electrons. The number of rotatable bonds is 6. The van der Waals surface area contributed by atoms with E-state index in [1.807, 2.05) is 0 Å². The Balaban J connectivity index is 1.12. The van der Waals surface area contributed by atoms with Gasteiger partial charge in [-0.2, -0.15) is 0 Å². The van der Waals surface area contributed by atoms with Crippen molar-refractivity contribution in [2.24, 2.45) is 23.2 Å². The van der Waals surface area contributed by atoms with Gasteiger partial charge in [0.1, 0.15) is 0 Å². The molecular weight excluding hydrogens is 723 g/mol. The van der Waals surface area contributed by atoms with Crippen molar-refractivity contribution < 1.29 is 0 Å². The lowest BCUT2D eigenvalue weighted by atomic mass is 9.49. The Morgan fingerprint density at radius 2 is 1.15 bits per heavy atom. The van der Waals surface area contributed by atoms with Gasteiger partial charge in [-0.15, -0.1) is 0 Å². The number of nitrogens with zero attached hydrogens (tertiary/aromatic N) is 1. The summed E-state index contributed by atoms with van der Waals surface area (Å²) in [6.07, 6.45) is 24.4. The van der Waals surface area contributed by atoms with Crippen molar-refractivity contribution in [2.45, 2.75) is 43.9 Å². The molecule has 0 aromatic heterocycles. The molecular formula is C59H49N. The molecule has 0 heterocycles. The summed E-state index contributed by atoms with van der Waals surface area (Å²) in [5.41, 5.74) is 18.4. The highest BCUT2D eigenvalue weighted by atomic mass is 15.1. The minimum absolute atomic E-state index is 0.166. The maximum atomic E-state index is 2.57. The molecule has 290 valence electrons. The summed E-state index contributed by atoms with van der Waals surface area (Å²) < 4.78 is 0. The molecule has 6 aliphatic carbocycles. The molecule has 1 saturated carbocycles. The third kappa shape index (κ3) is 4.69. The Morgan fingerprint density at radius 3 is 1.97 bits per heavy atom. The number of fused-ring (bicyclic) bond motifs is 8. The van der Waals surface area contributed by atoms with Crippen LogP contribution in [0.3, 0.4) is 0 Å². The Bertz CT molecular complexity index is 2900. The molecule has 5 atom stereocenters. The zero-order valence-corrected chi connectivity index (χ0v) is 34.4. The van der Waals surface area contributed by atoms with Gasteiger partial charge in [-0.1, -0.05) is 190 Å². The topological polar surface area (TPSA) is 3.24 Å². The van der Waals surface area contributed by atoms with Gasteiger partial charge in [0.2, 0.25) is 0 Å². The van der Waals surface area contributed by atoms with Crippen LogP contribution in [0.5, 0.6) is 0 Å². The van der Waals surface area contributed by atoms with Crippen molar-refractivity contribution in [3.05, 3.63) is 262 Å². The van der Waals surface area contributed by atoms with Crippen molar-refractivity contribution in [2.75, 3.05) is 4.90 Å². The number of hydrogen-bond donors (Lipinski definition) is 0. The molecule has 5 unspecified atom stereocenters. The van der Waals surface area contributed by atoms with E-state index in [-0.39, 0.29) is 11.3 Å². The molecule has 6 aromatic carbocycles. The maximum Gasteiger partial charge on any atom is 0.0719 e. The summed E-state index contributed by atoms with van der Waals surface area (Å²) in [7, 11) is 0. The number of allylic oxidation sites excluding steroid dienone is 12. The molecule has 60 heavy (non-hydrogen) atoms. The molecule has 0 aliphatic heterocycles. The highest BCUT2D eigenvalue weighted by molar-refractivity contribution is 5.91. The summed E-state index contributed by atoms with van der Waals surface area (Å²) in [5.74, 6) is 1.21. The summed E-state index contributed by atoms with van der Waals surface area (Å²) in [6.45, 7) is 5.02. The Hall–Kier alpha value is -6.44. The molecule has 1 nitrogen and oxygen atoms in total. The lowest BCUT2D eigenvalue weighted by molar-refractivity contribution is 0.205. The van der Waals surface area contributed by atoms with E-state index in [0.29, 0.717) is 11.8 Å². The van der Waals surface area contributed by atoms with Crippen LogP contribution in [0.2, 0.25) is 0 Å². The molecule has 0 bridgehead atoms. The summed E-state index contributed by atoms with van der Waals surface area (Å²) in [4.78, 5) is 2.57. The first kappa shape index (κ1) is 35.5.